The summed E-state index contributed by atoms with van der Waals surface area (Å²) in [6, 6.07) is 15.5. The topological polar surface area (TPSA) is 56.1 Å². The number of benzene rings is 2. The van der Waals surface area contributed by atoms with Crippen LogP contribution in [0.25, 0.3) is 5.69 Å². The maximum Gasteiger partial charge on any atom is 0.237 e. The van der Waals surface area contributed by atoms with Crippen molar-refractivity contribution in [1.82, 2.24) is 9.55 Å². The van der Waals surface area contributed by atoms with Crippen molar-refractivity contribution in [2.24, 2.45) is 0 Å². The molecule has 0 aliphatic heterocycles. The van der Waals surface area contributed by atoms with Crippen molar-refractivity contribution < 1.29 is 9.53 Å². The zero-order chi connectivity index (χ0) is 18.5. The number of methoxy groups -OCH3 is 1. The Kier molecular flexibility index (Phi) is 5.63. The number of nitrogens with zero attached hydrogens (tertiary/aromatic N) is 2. The molecule has 1 N–H and O–H groups in total. The fraction of sp³-hybridized carbons (Fsp3) is 0.200. The number of imidazole rings is 1. The molecule has 1 amide bonds. The lowest BCUT2D eigenvalue weighted by molar-refractivity contribution is -0.115. The predicted molar refractivity (Wildman–Crippen MR) is 105 cm³/mol. The summed E-state index contributed by atoms with van der Waals surface area (Å²) in [7, 11) is 1.59. The van der Waals surface area contributed by atoms with Crippen LogP contribution in [0.1, 0.15) is 12.5 Å². The average Bonchev–Trinajstić information content (AvgIpc) is 3.10. The predicted octanol–water partition coefficient (Wildman–Crippen LogP) is 4.31. The van der Waals surface area contributed by atoms with Crippen molar-refractivity contribution in [2.45, 2.75) is 24.3 Å². The summed E-state index contributed by atoms with van der Waals surface area (Å²) in [6.45, 7) is 3.92. The largest absolute Gasteiger partial charge is 0.495 e. The van der Waals surface area contributed by atoms with E-state index in [1.807, 2.05) is 54.1 Å². The third kappa shape index (κ3) is 4.08. The van der Waals surface area contributed by atoms with Gasteiger partial charge in [0.05, 0.1) is 18.0 Å². The molecule has 2 aromatic carbocycles. The molecule has 0 saturated carbocycles. The second-order valence-corrected chi connectivity index (χ2v) is 7.18. The number of amides is 1. The number of rotatable bonds is 6. The van der Waals surface area contributed by atoms with E-state index in [-0.39, 0.29) is 11.2 Å². The minimum atomic E-state index is -0.314. The molecule has 3 aromatic rings. The molecule has 26 heavy (non-hydrogen) atoms. The molecular weight excluding hydrogens is 346 g/mol. The zero-order valence-corrected chi connectivity index (χ0v) is 15.8. The summed E-state index contributed by atoms with van der Waals surface area (Å²) in [5.41, 5.74) is 2.87. The van der Waals surface area contributed by atoms with Crippen molar-refractivity contribution >= 4 is 23.4 Å². The van der Waals surface area contributed by atoms with E-state index in [0.717, 1.165) is 10.8 Å². The highest BCUT2D eigenvalue weighted by molar-refractivity contribution is 8.00. The molecule has 1 unspecified atom stereocenters. The van der Waals surface area contributed by atoms with Crippen molar-refractivity contribution in [2.75, 3.05) is 12.4 Å². The molecule has 0 radical (unpaired) electrons. The summed E-state index contributed by atoms with van der Waals surface area (Å²) < 4.78 is 7.27. The number of aryl methyl sites for hydroxylation is 1. The molecule has 0 fully saturated rings. The van der Waals surface area contributed by atoms with Crippen LogP contribution < -0.4 is 10.1 Å². The highest BCUT2D eigenvalue weighted by Crippen LogP contribution is 2.28. The molecule has 1 aromatic heterocycles. The number of hydrogen-bond acceptors (Lipinski definition) is 4. The van der Waals surface area contributed by atoms with Crippen molar-refractivity contribution in [3.63, 3.8) is 0 Å². The number of nitrogens with one attached hydrogen (secondary N) is 1. The Bertz CT molecular complexity index is 907. The molecule has 5 nitrogen and oxygen atoms in total. The normalized spacial score (nSPS) is 11.8. The van der Waals surface area contributed by atoms with E-state index < -0.39 is 0 Å². The lowest BCUT2D eigenvalue weighted by atomic mass is 10.2. The molecule has 0 bridgehead atoms. The van der Waals surface area contributed by atoms with Gasteiger partial charge in [-0.25, -0.2) is 4.98 Å². The molecular formula is C20H21N3O2S. The third-order valence-corrected chi connectivity index (χ3v) is 4.98. The first-order valence-electron chi connectivity index (χ1n) is 8.29. The summed E-state index contributed by atoms with van der Waals surface area (Å²) in [4.78, 5) is 17.0. The van der Waals surface area contributed by atoms with Crippen molar-refractivity contribution in [3.05, 3.63) is 66.5 Å². The van der Waals surface area contributed by atoms with Crippen LogP contribution in [0.5, 0.6) is 5.75 Å². The fourth-order valence-electron chi connectivity index (χ4n) is 2.55. The molecule has 0 aliphatic carbocycles. The van der Waals surface area contributed by atoms with E-state index in [2.05, 4.69) is 29.4 Å². The Hall–Kier alpha value is -2.73. The van der Waals surface area contributed by atoms with E-state index in [4.69, 9.17) is 4.74 Å². The molecule has 0 saturated heterocycles. The third-order valence-electron chi connectivity index (χ3n) is 3.90. The molecule has 0 spiro atoms. The van der Waals surface area contributed by atoms with E-state index in [9.17, 15) is 4.79 Å². The molecule has 1 atom stereocenters. The van der Waals surface area contributed by atoms with Gasteiger partial charge in [-0.15, -0.1) is 0 Å². The monoisotopic (exact) mass is 367 g/mol. The van der Waals surface area contributed by atoms with Gasteiger partial charge in [0, 0.05) is 18.1 Å². The number of carbonyl (C=O) groups excluding carboxylic acids is 1. The summed E-state index contributed by atoms with van der Waals surface area (Å²) in [5.74, 6) is 0.539. The maximum atomic E-state index is 12.6. The standard InChI is InChI=1S/C20H21N3O2S/c1-14-7-6-8-16(13-14)23-12-11-21-20(23)26-15(2)19(24)22-17-9-4-5-10-18(17)25-3/h4-13,15H,1-3H3,(H,22,24). The van der Waals surface area contributed by atoms with Gasteiger partial charge in [0.1, 0.15) is 5.75 Å². The Morgan fingerprint density at radius 3 is 2.81 bits per heavy atom. The average molecular weight is 367 g/mol. The molecule has 0 aliphatic rings. The van der Waals surface area contributed by atoms with E-state index in [0.29, 0.717) is 11.4 Å². The minimum absolute atomic E-state index is 0.0988. The van der Waals surface area contributed by atoms with E-state index >= 15 is 0 Å². The number of hydrogen-bond donors (Lipinski definition) is 1. The van der Waals surface area contributed by atoms with Gasteiger partial charge in [-0.05, 0) is 43.7 Å². The fourth-order valence-corrected chi connectivity index (χ4v) is 3.43. The summed E-state index contributed by atoms with van der Waals surface area (Å²) in [5, 5.41) is 3.38. The van der Waals surface area contributed by atoms with Crippen LogP contribution in [-0.2, 0) is 4.79 Å². The first-order valence-corrected chi connectivity index (χ1v) is 9.17. The van der Waals surface area contributed by atoms with Gasteiger partial charge in [0.2, 0.25) is 5.91 Å². The summed E-state index contributed by atoms with van der Waals surface area (Å²) >= 11 is 1.42. The lowest BCUT2D eigenvalue weighted by Crippen LogP contribution is -2.23. The van der Waals surface area contributed by atoms with Gasteiger partial charge in [-0.2, -0.15) is 0 Å². The van der Waals surface area contributed by atoms with Gasteiger partial charge in [0.15, 0.2) is 5.16 Å². The first kappa shape index (κ1) is 18.1. The van der Waals surface area contributed by atoms with Crippen LogP contribution in [0.3, 0.4) is 0 Å². The number of ether oxygens (including phenoxy) is 1. The lowest BCUT2D eigenvalue weighted by Gasteiger charge is -2.15. The van der Waals surface area contributed by atoms with Crippen LogP contribution in [-0.4, -0.2) is 27.8 Å². The van der Waals surface area contributed by atoms with Crippen LogP contribution in [0.2, 0.25) is 0 Å². The van der Waals surface area contributed by atoms with Crippen molar-refractivity contribution in [3.8, 4) is 11.4 Å². The Balaban J connectivity index is 1.73. The molecule has 1 heterocycles. The maximum absolute atomic E-state index is 12.6. The van der Waals surface area contributed by atoms with E-state index in [1.165, 1.54) is 17.3 Å². The van der Waals surface area contributed by atoms with Gasteiger partial charge < -0.3 is 10.1 Å². The van der Waals surface area contributed by atoms with Crippen LogP contribution in [0.15, 0.2) is 66.1 Å². The quantitative estimate of drug-likeness (QED) is 0.660. The molecule has 3 rings (SSSR count). The summed E-state index contributed by atoms with van der Waals surface area (Å²) in [6.07, 6.45) is 3.65. The second kappa shape index (κ2) is 8.10. The molecule has 134 valence electrons. The minimum Gasteiger partial charge on any atom is -0.495 e. The van der Waals surface area contributed by atoms with Gasteiger partial charge in [-0.1, -0.05) is 36.0 Å². The van der Waals surface area contributed by atoms with Gasteiger partial charge >= 0.3 is 0 Å². The van der Waals surface area contributed by atoms with Gasteiger partial charge in [-0.3, -0.25) is 9.36 Å². The van der Waals surface area contributed by atoms with Crippen LogP contribution in [0.4, 0.5) is 5.69 Å². The highest BCUT2D eigenvalue weighted by atomic mass is 32.2. The number of para-hydroxylation sites is 2. The first-order chi connectivity index (χ1) is 12.6. The Morgan fingerprint density at radius 1 is 1.23 bits per heavy atom. The SMILES string of the molecule is COc1ccccc1NC(=O)C(C)Sc1nccn1-c1cccc(C)c1. The van der Waals surface area contributed by atoms with Crippen LogP contribution in [0, 0.1) is 6.92 Å². The number of thioether (sulfide) groups is 1. The van der Waals surface area contributed by atoms with Crippen LogP contribution >= 0.6 is 11.8 Å². The van der Waals surface area contributed by atoms with Crippen molar-refractivity contribution in [1.29, 1.82) is 0 Å². The number of anilines is 1. The molecule has 6 heteroatoms. The number of carbonyl (C=O) groups is 1. The second-order valence-electron chi connectivity index (χ2n) is 5.87. The Labute approximate surface area is 157 Å². The van der Waals surface area contributed by atoms with E-state index in [1.54, 1.807) is 13.3 Å². The smallest absolute Gasteiger partial charge is 0.237 e. The number of aromatic nitrogens is 2. The highest BCUT2D eigenvalue weighted by Gasteiger charge is 2.19. The zero-order valence-electron chi connectivity index (χ0n) is 15.0. The Morgan fingerprint density at radius 2 is 2.04 bits per heavy atom. The van der Waals surface area contributed by atoms with Gasteiger partial charge in [0.25, 0.3) is 0 Å².